The van der Waals surface area contributed by atoms with E-state index in [9.17, 15) is 4.79 Å². The summed E-state index contributed by atoms with van der Waals surface area (Å²) in [5.74, 6) is 0.745. The monoisotopic (exact) mass is 239 g/mol. The molecule has 4 heteroatoms. The third-order valence-corrected chi connectivity index (χ3v) is 4.02. The number of nitrogens with one attached hydrogen (secondary N) is 1. The maximum atomic E-state index is 11.7. The molecule has 2 rings (SSSR count). The second-order valence-electron chi connectivity index (χ2n) is 4.27. The lowest BCUT2D eigenvalue weighted by molar-refractivity contribution is -0.122. The van der Waals surface area contributed by atoms with Crippen molar-refractivity contribution in [2.75, 3.05) is 13.2 Å². The van der Waals surface area contributed by atoms with Gasteiger partial charge in [0.25, 0.3) is 0 Å². The molecule has 1 aromatic heterocycles. The highest BCUT2D eigenvalue weighted by Gasteiger charge is 2.44. The van der Waals surface area contributed by atoms with Crippen molar-refractivity contribution in [3.8, 4) is 0 Å². The van der Waals surface area contributed by atoms with E-state index in [0.29, 0.717) is 18.9 Å². The molecule has 2 atom stereocenters. The van der Waals surface area contributed by atoms with Gasteiger partial charge in [0.05, 0.1) is 0 Å². The van der Waals surface area contributed by atoms with Crippen molar-refractivity contribution in [1.29, 1.82) is 0 Å². The maximum Gasteiger partial charge on any atom is 0.223 e. The predicted octanol–water partition coefficient (Wildman–Crippen LogP) is 1.66. The van der Waals surface area contributed by atoms with Crippen LogP contribution in [0, 0.1) is 12.8 Å². The summed E-state index contributed by atoms with van der Waals surface area (Å²) in [7, 11) is 0. The molecule has 0 aliphatic heterocycles. The van der Waals surface area contributed by atoms with Crippen molar-refractivity contribution in [2.45, 2.75) is 25.7 Å². The molecule has 0 radical (unpaired) electrons. The first-order valence-corrected chi connectivity index (χ1v) is 6.49. The lowest BCUT2D eigenvalue weighted by Gasteiger charge is -2.02. The Balaban J connectivity index is 1.80. The fourth-order valence-corrected chi connectivity index (χ4v) is 2.93. The number of amides is 1. The Morgan fingerprint density at radius 1 is 1.62 bits per heavy atom. The van der Waals surface area contributed by atoms with Crippen molar-refractivity contribution in [2.24, 2.45) is 5.92 Å². The van der Waals surface area contributed by atoms with E-state index < -0.39 is 0 Å². The van der Waals surface area contributed by atoms with Crippen molar-refractivity contribution >= 4 is 17.2 Å². The molecular weight excluding hydrogens is 222 g/mol. The summed E-state index contributed by atoms with van der Waals surface area (Å²) >= 11 is 1.79. The summed E-state index contributed by atoms with van der Waals surface area (Å²) in [4.78, 5) is 14.3. The van der Waals surface area contributed by atoms with Gasteiger partial charge in [-0.2, -0.15) is 0 Å². The molecule has 0 aromatic carbocycles. The molecule has 2 unspecified atom stereocenters. The first kappa shape index (κ1) is 11.6. The summed E-state index contributed by atoms with van der Waals surface area (Å²) < 4.78 is 0. The van der Waals surface area contributed by atoms with Gasteiger partial charge in [0.2, 0.25) is 5.91 Å². The molecule has 1 aliphatic rings. The smallest absolute Gasteiger partial charge is 0.223 e. The fraction of sp³-hybridized carbons (Fsp3) is 0.583. The minimum atomic E-state index is 0.137. The minimum absolute atomic E-state index is 0.137. The van der Waals surface area contributed by atoms with Crippen LogP contribution in [0.1, 0.15) is 28.5 Å². The zero-order valence-corrected chi connectivity index (χ0v) is 10.2. The van der Waals surface area contributed by atoms with E-state index >= 15 is 0 Å². The predicted molar refractivity (Wildman–Crippen MR) is 64.6 cm³/mol. The zero-order chi connectivity index (χ0) is 11.5. The van der Waals surface area contributed by atoms with Gasteiger partial charge in [-0.25, -0.2) is 0 Å². The first-order chi connectivity index (χ1) is 7.72. The van der Waals surface area contributed by atoms with Gasteiger partial charge in [0, 0.05) is 34.7 Å². The summed E-state index contributed by atoms with van der Waals surface area (Å²) in [6.07, 6.45) is 1.62. The van der Waals surface area contributed by atoms with Crippen molar-refractivity contribution in [1.82, 2.24) is 5.32 Å². The number of hydrogen-bond acceptors (Lipinski definition) is 3. The molecule has 1 aromatic rings. The number of aliphatic hydroxyl groups is 1. The van der Waals surface area contributed by atoms with E-state index in [1.807, 2.05) is 0 Å². The van der Waals surface area contributed by atoms with Crippen LogP contribution in [0.5, 0.6) is 0 Å². The molecular formula is C12H17NO2S. The van der Waals surface area contributed by atoms with Gasteiger partial charge in [-0.05, 0) is 31.9 Å². The van der Waals surface area contributed by atoms with Crippen LogP contribution in [-0.2, 0) is 4.79 Å². The van der Waals surface area contributed by atoms with E-state index in [2.05, 4.69) is 24.4 Å². The molecule has 88 valence electrons. The van der Waals surface area contributed by atoms with Gasteiger partial charge in [0.15, 0.2) is 0 Å². The van der Waals surface area contributed by atoms with Gasteiger partial charge in [0.1, 0.15) is 0 Å². The molecule has 1 aliphatic carbocycles. The quantitative estimate of drug-likeness (QED) is 0.768. The number of aliphatic hydroxyl groups excluding tert-OH is 1. The highest BCUT2D eigenvalue weighted by atomic mass is 32.1. The topological polar surface area (TPSA) is 49.3 Å². The van der Waals surface area contributed by atoms with Crippen LogP contribution in [0.2, 0.25) is 0 Å². The van der Waals surface area contributed by atoms with Crippen molar-refractivity contribution < 1.29 is 9.90 Å². The van der Waals surface area contributed by atoms with Gasteiger partial charge in [-0.3, -0.25) is 4.79 Å². The van der Waals surface area contributed by atoms with Gasteiger partial charge in [-0.15, -0.1) is 11.3 Å². The molecule has 1 fully saturated rings. The third kappa shape index (κ3) is 2.62. The van der Waals surface area contributed by atoms with Gasteiger partial charge < -0.3 is 10.4 Å². The van der Waals surface area contributed by atoms with Crippen LogP contribution < -0.4 is 5.32 Å². The van der Waals surface area contributed by atoms with E-state index in [0.717, 1.165) is 6.42 Å². The van der Waals surface area contributed by atoms with Crippen LogP contribution in [0.25, 0.3) is 0 Å². The second-order valence-corrected chi connectivity index (χ2v) is 5.58. The average molecular weight is 239 g/mol. The fourth-order valence-electron chi connectivity index (χ4n) is 1.87. The Labute approximate surface area is 99.5 Å². The largest absolute Gasteiger partial charge is 0.396 e. The highest BCUT2D eigenvalue weighted by molar-refractivity contribution is 7.12. The molecule has 0 spiro atoms. The molecule has 16 heavy (non-hydrogen) atoms. The van der Waals surface area contributed by atoms with Crippen molar-refractivity contribution in [3.05, 3.63) is 21.9 Å². The van der Waals surface area contributed by atoms with Crippen LogP contribution >= 0.6 is 11.3 Å². The third-order valence-electron chi connectivity index (χ3n) is 2.89. The molecule has 1 heterocycles. The Morgan fingerprint density at radius 2 is 2.44 bits per heavy atom. The Kier molecular flexibility index (Phi) is 3.61. The van der Waals surface area contributed by atoms with Crippen LogP contribution in [-0.4, -0.2) is 24.2 Å². The average Bonchev–Trinajstić information content (AvgIpc) is 2.95. The number of aryl methyl sites for hydroxylation is 1. The van der Waals surface area contributed by atoms with E-state index in [-0.39, 0.29) is 18.4 Å². The van der Waals surface area contributed by atoms with E-state index in [4.69, 9.17) is 5.11 Å². The number of carbonyl (C=O) groups is 1. The zero-order valence-electron chi connectivity index (χ0n) is 9.40. The number of rotatable bonds is 5. The van der Waals surface area contributed by atoms with Crippen LogP contribution in [0.15, 0.2) is 12.1 Å². The highest BCUT2D eigenvalue weighted by Crippen LogP contribution is 2.49. The molecule has 0 bridgehead atoms. The number of hydrogen-bond donors (Lipinski definition) is 2. The molecule has 1 amide bonds. The number of carbonyl (C=O) groups excluding carboxylic acids is 1. The van der Waals surface area contributed by atoms with Crippen LogP contribution in [0.4, 0.5) is 0 Å². The summed E-state index contributed by atoms with van der Waals surface area (Å²) in [6.45, 7) is 2.81. The molecule has 3 nitrogen and oxygen atoms in total. The Hall–Kier alpha value is -0.870. The maximum absolute atomic E-state index is 11.7. The standard InChI is InChI=1S/C12H17NO2S/c1-8-3-4-11(16-8)9-7-10(9)12(15)13-5-2-6-14/h3-4,9-10,14H,2,5-7H2,1H3,(H,13,15). The molecule has 2 N–H and O–H groups in total. The summed E-state index contributed by atoms with van der Waals surface area (Å²) in [5, 5.41) is 11.5. The lowest BCUT2D eigenvalue weighted by atomic mass is 10.2. The van der Waals surface area contributed by atoms with E-state index in [1.165, 1.54) is 9.75 Å². The summed E-state index contributed by atoms with van der Waals surface area (Å²) in [6, 6.07) is 4.24. The number of thiophene rings is 1. The van der Waals surface area contributed by atoms with Crippen LogP contribution in [0.3, 0.4) is 0 Å². The van der Waals surface area contributed by atoms with E-state index in [1.54, 1.807) is 11.3 Å². The minimum Gasteiger partial charge on any atom is -0.396 e. The lowest BCUT2D eigenvalue weighted by Crippen LogP contribution is -2.26. The Morgan fingerprint density at radius 3 is 3.06 bits per heavy atom. The summed E-state index contributed by atoms with van der Waals surface area (Å²) in [5.41, 5.74) is 0. The first-order valence-electron chi connectivity index (χ1n) is 5.67. The van der Waals surface area contributed by atoms with Gasteiger partial charge in [-0.1, -0.05) is 0 Å². The van der Waals surface area contributed by atoms with Crippen molar-refractivity contribution in [3.63, 3.8) is 0 Å². The van der Waals surface area contributed by atoms with Gasteiger partial charge >= 0.3 is 0 Å². The Bertz CT molecular complexity index is 375. The second kappa shape index (κ2) is 4.97. The normalized spacial score (nSPS) is 23.1. The molecule has 0 saturated heterocycles. The SMILES string of the molecule is Cc1ccc(C2CC2C(=O)NCCCO)s1. The molecule has 1 saturated carbocycles.